The summed E-state index contributed by atoms with van der Waals surface area (Å²) in [5.41, 5.74) is 5.16. The average Bonchev–Trinajstić information content (AvgIpc) is 3.59. The molecule has 2 aliphatic rings. The lowest BCUT2D eigenvalue weighted by Gasteiger charge is -2.34. The van der Waals surface area contributed by atoms with Crippen LogP contribution < -0.4 is 11.1 Å². The summed E-state index contributed by atoms with van der Waals surface area (Å²) in [5.74, 6) is -2.31. The predicted octanol–water partition coefficient (Wildman–Crippen LogP) is 6.45. The molecule has 3 heterocycles. The van der Waals surface area contributed by atoms with E-state index in [2.05, 4.69) is 27.4 Å². The lowest BCUT2D eigenvalue weighted by Crippen LogP contribution is -2.36. The number of benzene rings is 2. The van der Waals surface area contributed by atoms with Crippen LogP contribution in [0, 0.1) is 29.4 Å². The number of aryl methyl sites for hydroxylation is 1. The molecule has 7 rings (SSSR count). The number of para-hydroxylation sites is 1. The van der Waals surface area contributed by atoms with E-state index in [1.165, 1.54) is 13.8 Å². The van der Waals surface area contributed by atoms with Gasteiger partial charge in [-0.15, -0.1) is 0 Å². The van der Waals surface area contributed by atoms with Gasteiger partial charge in [0.15, 0.2) is 5.82 Å². The van der Waals surface area contributed by atoms with Gasteiger partial charge in [0.1, 0.15) is 40.9 Å². The smallest absolute Gasteiger partial charge is 0.293 e. The largest absolute Gasteiger partial charge is 0.382 e. The quantitative estimate of drug-likeness (QED) is 0.125. The summed E-state index contributed by atoms with van der Waals surface area (Å²) < 4.78 is 90.4. The molecule has 2 aromatic carbocycles. The minimum Gasteiger partial charge on any atom is -0.382 e. The number of nitrogens with two attached hydrogens (primary N) is 1. The number of rotatable bonds is 8. The van der Waals surface area contributed by atoms with Gasteiger partial charge in [-0.1, -0.05) is 18.1 Å². The third-order valence-electron chi connectivity index (χ3n) is 9.58. The van der Waals surface area contributed by atoms with Gasteiger partial charge in [-0.25, -0.2) is 22.5 Å². The predicted molar refractivity (Wildman–Crippen MR) is 179 cm³/mol. The molecule has 2 aliphatic carbocycles. The SMILES string of the molecule is Cn1nc(N)c2cccc(-c3ccc(C#CC(C)(C)O)nc3C(Cc3cc(F)cc(F)c3)NC(=O)Cn3nc(C(F)F)c4c3C(F)(F)C3CCC43)c21. The highest BCUT2D eigenvalue weighted by Gasteiger charge is 2.62. The zero-order chi connectivity index (χ0) is 37.3. The molecule has 0 radical (unpaired) electrons. The van der Waals surface area contributed by atoms with Crippen LogP contribution >= 0.6 is 0 Å². The molecule has 9 nitrogen and oxygen atoms in total. The molecule has 0 saturated heterocycles. The first-order valence-corrected chi connectivity index (χ1v) is 16.5. The van der Waals surface area contributed by atoms with Crippen molar-refractivity contribution in [3.63, 3.8) is 0 Å². The van der Waals surface area contributed by atoms with Gasteiger partial charge in [0.25, 0.3) is 12.3 Å². The van der Waals surface area contributed by atoms with Crippen LogP contribution in [0.2, 0.25) is 0 Å². The minimum atomic E-state index is -3.47. The highest BCUT2D eigenvalue weighted by molar-refractivity contribution is 6.00. The van der Waals surface area contributed by atoms with E-state index in [0.29, 0.717) is 39.2 Å². The number of carbonyl (C=O) groups is 1. The topological polar surface area (TPSA) is 124 Å². The van der Waals surface area contributed by atoms with Crippen molar-refractivity contribution in [3.8, 4) is 23.0 Å². The Hall–Kier alpha value is -5.36. The molecule has 1 saturated carbocycles. The van der Waals surface area contributed by atoms with Gasteiger partial charge < -0.3 is 16.2 Å². The number of pyridine rings is 1. The maximum atomic E-state index is 15.5. The van der Waals surface area contributed by atoms with E-state index in [9.17, 15) is 27.5 Å². The molecule has 3 aromatic heterocycles. The maximum absolute atomic E-state index is 15.5. The fraction of sp³-hybridized carbons (Fsp3) is 0.351. The van der Waals surface area contributed by atoms with Gasteiger partial charge in [0.05, 0.1) is 17.3 Å². The van der Waals surface area contributed by atoms with Crippen LogP contribution in [0.4, 0.5) is 32.2 Å². The Morgan fingerprint density at radius 1 is 1.08 bits per heavy atom. The van der Waals surface area contributed by atoms with Gasteiger partial charge in [-0.05, 0) is 80.8 Å². The van der Waals surface area contributed by atoms with Crippen LogP contribution in [0.25, 0.3) is 22.0 Å². The molecule has 3 unspecified atom stereocenters. The summed E-state index contributed by atoms with van der Waals surface area (Å²) in [6.07, 6.45) is -2.91. The highest BCUT2D eigenvalue weighted by Crippen LogP contribution is 2.63. The lowest BCUT2D eigenvalue weighted by molar-refractivity contribution is -0.123. The zero-order valence-electron chi connectivity index (χ0n) is 28.2. The van der Waals surface area contributed by atoms with Crippen molar-refractivity contribution in [2.75, 3.05) is 5.73 Å². The van der Waals surface area contributed by atoms with Crippen molar-refractivity contribution >= 4 is 22.6 Å². The molecule has 270 valence electrons. The second kappa shape index (κ2) is 12.7. The van der Waals surface area contributed by atoms with Gasteiger partial charge in [0, 0.05) is 41.1 Å². The number of fused-ring (bicyclic) bond motifs is 4. The number of nitrogens with one attached hydrogen (secondary N) is 1. The summed E-state index contributed by atoms with van der Waals surface area (Å²) >= 11 is 0. The number of alkyl halides is 4. The van der Waals surface area contributed by atoms with Crippen LogP contribution in [0.3, 0.4) is 0 Å². The molecule has 5 aromatic rings. The summed E-state index contributed by atoms with van der Waals surface area (Å²) in [7, 11) is 1.69. The maximum Gasteiger partial charge on any atom is 0.293 e. The number of hydrogen-bond donors (Lipinski definition) is 3. The fourth-order valence-corrected chi connectivity index (χ4v) is 7.34. The third kappa shape index (κ3) is 6.25. The van der Waals surface area contributed by atoms with Crippen LogP contribution in [-0.2, 0) is 30.7 Å². The van der Waals surface area contributed by atoms with Crippen molar-refractivity contribution in [1.29, 1.82) is 0 Å². The lowest BCUT2D eigenvalue weighted by atomic mass is 9.73. The summed E-state index contributed by atoms with van der Waals surface area (Å²) in [6, 6.07) is 10.2. The zero-order valence-corrected chi connectivity index (χ0v) is 28.2. The highest BCUT2D eigenvalue weighted by atomic mass is 19.3. The first-order chi connectivity index (χ1) is 24.5. The Kier molecular flexibility index (Phi) is 8.56. The average molecular weight is 722 g/mol. The number of aliphatic hydroxyl groups is 1. The molecule has 15 heteroatoms. The number of halogens is 6. The van der Waals surface area contributed by atoms with Gasteiger partial charge in [0.2, 0.25) is 5.91 Å². The summed E-state index contributed by atoms with van der Waals surface area (Å²) in [4.78, 5) is 18.6. The van der Waals surface area contributed by atoms with Crippen molar-refractivity contribution in [2.24, 2.45) is 13.0 Å². The Bertz CT molecular complexity index is 2280. The standard InChI is InChI=1S/C37H33F6N7O2/c1-36(2,52)12-11-21-7-8-22(23-5-4-6-25-32(23)49(3)48-35(25)44)30(45-21)27(15-18-13-19(38)16-20(39)14-18)46-28(51)17-50-33-29(31(47-50)34(40)41)24-9-10-26(24)37(33,42)43/h4-8,13-14,16,24,26-27,34,52H,9-10,15,17H2,1-3H3,(H2,44,48)(H,46,51). The molecular formula is C37H33F6N7O2. The van der Waals surface area contributed by atoms with Crippen LogP contribution in [0.15, 0.2) is 48.5 Å². The van der Waals surface area contributed by atoms with Crippen molar-refractivity contribution in [1.82, 2.24) is 29.9 Å². The van der Waals surface area contributed by atoms with Crippen LogP contribution in [0.1, 0.15) is 79.0 Å². The van der Waals surface area contributed by atoms with E-state index >= 15 is 8.78 Å². The number of nitrogen functional groups attached to an aromatic ring is 1. The number of hydrogen-bond acceptors (Lipinski definition) is 6. The second-order valence-electron chi connectivity index (χ2n) is 13.8. The molecule has 0 spiro atoms. The molecular weight excluding hydrogens is 688 g/mol. The first kappa shape index (κ1) is 35.1. The Morgan fingerprint density at radius 3 is 2.46 bits per heavy atom. The molecule has 52 heavy (non-hydrogen) atoms. The number of nitrogens with zero attached hydrogens (tertiary/aromatic N) is 5. The van der Waals surface area contributed by atoms with E-state index in [1.54, 1.807) is 42.1 Å². The fourth-order valence-electron chi connectivity index (χ4n) is 7.34. The number of amides is 1. The molecule has 0 aliphatic heterocycles. The van der Waals surface area contributed by atoms with Crippen LogP contribution in [0.5, 0.6) is 0 Å². The van der Waals surface area contributed by atoms with Crippen molar-refractivity contribution in [2.45, 2.75) is 69.6 Å². The Morgan fingerprint density at radius 2 is 1.81 bits per heavy atom. The van der Waals surface area contributed by atoms with Crippen LogP contribution in [-0.4, -0.2) is 41.2 Å². The van der Waals surface area contributed by atoms with Crippen molar-refractivity contribution in [3.05, 3.63) is 94.1 Å². The molecule has 4 N–H and O–H groups in total. The molecule has 0 bridgehead atoms. The van der Waals surface area contributed by atoms with Crippen molar-refractivity contribution < 1.29 is 36.2 Å². The minimum absolute atomic E-state index is 0.120. The second-order valence-corrected chi connectivity index (χ2v) is 13.8. The van der Waals surface area contributed by atoms with E-state index in [1.807, 2.05) is 0 Å². The Labute approximate surface area is 293 Å². The van der Waals surface area contributed by atoms with Gasteiger partial charge in [-0.3, -0.25) is 14.2 Å². The van der Waals surface area contributed by atoms with E-state index < -0.39 is 71.3 Å². The van der Waals surface area contributed by atoms with E-state index in [-0.39, 0.29) is 41.2 Å². The number of aromatic nitrogens is 5. The van der Waals surface area contributed by atoms with E-state index in [0.717, 1.165) is 12.1 Å². The van der Waals surface area contributed by atoms with Gasteiger partial charge in [-0.2, -0.15) is 19.0 Å². The summed E-state index contributed by atoms with van der Waals surface area (Å²) in [5, 5.41) is 21.8. The number of carbonyl (C=O) groups excluding carboxylic acids is 1. The first-order valence-electron chi connectivity index (χ1n) is 16.5. The molecule has 1 amide bonds. The molecule has 3 atom stereocenters. The monoisotopic (exact) mass is 721 g/mol. The Balaban J connectivity index is 1.36. The normalized spacial score (nSPS) is 18.1. The summed E-state index contributed by atoms with van der Waals surface area (Å²) in [6.45, 7) is 2.11. The third-order valence-corrected chi connectivity index (χ3v) is 9.58. The molecule has 1 fully saturated rings. The van der Waals surface area contributed by atoms with Gasteiger partial charge >= 0.3 is 0 Å². The van der Waals surface area contributed by atoms with E-state index in [4.69, 9.17) is 10.7 Å². The number of anilines is 1.